The molecule has 1 saturated heterocycles. The molecule has 94 valence electrons. The van der Waals surface area contributed by atoms with Gasteiger partial charge in [-0.25, -0.2) is 0 Å². The minimum absolute atomic E-state index is 0.0738. The standard InChI is InChI=1S/C12H20N4O/c1-4-15-6-5-10(14-15)12-9(13)7-11(17)16(12)8(2)3/h5-6,8-9,12H,4,7,13H2,1-3H3/t9-,12-/m1/s1. The Morgan fingerprint density at radius 2 is 2.29 bits per heavy atom. The Kier molecular flexibility index (Phi) is 3.19. The van der Waals surface area contributed by atoms with E-state index in [0.717, 1.165) is 12.2 Å². The first-order valence-electron chi connectivity index (χ1n) is 6.14. The van der Waals surface area contributed by atoms with Crippen LogP contribution in [0.1, 0.15) is 38.9 Å². The van der Waals surface area contributed by atoms with Crippen LogP contribution in [0.5, 0.6) is 0 Å². The summed E-state index contributed by atoms with van der Waals surface area (Å²) in [4.78, 5) is 13.8. The van der Waals surface area contributed by atoms with E-state index in [0.29, 0.717) is 6.42 Å². The van der Waals surface area contributed by atoms with Gasteiger partial charge in [-0.1, -0.05) is 0 Å². The molecule has 1 aliphatic rings. The molecular formula is C12H20N4O. The van der Waals surface area contributed by atoms with E-state index in [1.807, 2.05) is 42.6 Å². The number of aryl methyl sites for hydroxylation is 1. The summed E-state index contributed by atoms with van der Waals surface area (Å²) in [5.41, 5.74) is 6.97. The quantitative estimate of drug-likeness (QED) is 0.848. The van der Waals surface area contributed by atoms with Crippen molar-refractivity contribution in [3.8, 4) is 0 Å². The number of likely N-dealkylation sites (tertiary alicyclic amines) is 1. The fourth-order valence-electron chi connectivity index (χ4n) is 2.46. The second-order valence-electron chi connectivity index (χ2n) is 4.80. The van der Waals surface area contributed by atoms with Gasteiger partial charge in [-0.3, -0.25) is 9.48 Å². The zero-order valence-electron chi connectivity index (χ0n) is 10.6. The summed E-state index contributed by atoms with van der Waals surface area (Å²) in [6.45, 7) is 6.90. The fourth-order valence-corrected chi connectivity index (χ4v) is 2.46. The SMILES string of the molecule is CCn1ccc([C@H]2[C@H](N)CC(=O)N2C(C)C)n1. The van der Waals surface area contributed by atoms with E-state index < -0.39 is 0 Å². The number of carbonyl (C=O) groups excluding carboxylic acids is 1. The number of amides is 1. The first-order chi connectivity index (χ1) is 8.04. The molecule has 2 rings (SSSR count). The number of carbonyl (C=O) groups is 1. The second kappa shape index (κ2) is 4.49. The lowest BCUT2D eigenvalue weighted by Gasteiger charge is -2.29. The maximum atomic E-state index is 11.9. The van der Waals surface area contributed by atoms with E-state index in [4.69, 9.17) is 5.73 Å². The zero-order valence-corrected chi connectivity index (χ0v) is 10.6. The number of hydrogen-bond donors (Lipinski definition) is 1. The predicted molar refractivity (Wildman–Crippen MR) is 65.2 cm³/mol. The molecule has 5 heteroatoms. The van der Waals surface area contributed by atoms with Gasteiger partial charge in [0.15, 0.2) is 0 Å². The summed E-state index contributed by atoms with van der Waals surface area (Å²) in [6.07, 6.45) is 2.35. The zero-order chi connectivity index (χ0) is 12.6. The van der Waals surface area contributed by atoms with Gasteiger partial charge in [-0.05, 0) is 26.8 Å². The van der Waals surface area contributed by atoms with Crippen LogP contribution < -0.4 is 5.73 Å². The number of nitrogens with two attached hydrogens (primary N) is 1. The van der Waals surface area contributed by atoms with E-state index in [2.05, 4.69) is 5.10 Å². The highest BCUT2D eigenvalue weighted by atomic mass is 16.2. The summed E-state index contributed by atoms with van der Waals surface area (Å²) in [5.74, 6) is 0.128. The molecule has 0 aromatic carbocycles. The van der Waals surface area contributed by atoms with Gasteiger partial charge in [0.25, 0.3) is 0 Å². The van der Waals surface area contributed by atoms with Crippen LogP contribution in [0.2, 0.25) is 0 Å². The molecule has 0 saturated carbocycles. The molecule has 1 aromatic heterocycles. The van der Waals surface area contributed by atoms with Crippen LogP contribution in [0.4, 0.5) is 0 Å². The smallest absolute Gasteiger partial charge is 0.225 e. The average Bonchev–Trinajstić information content (AvgIpc) is 2.81. The normalized spacial score (nSPS) is 25.0. The molecule has 0 aliphatic carbocycles. The van der Waals surface area contributed by atoms with Gasteiger partial charge >= 0.3 is 0 Å². The Labute approximate surface area is 102 Å². The van der Waals surface area contributed by atoms with Crippen LogP contribution in [0.25, 0.3) is 0 Å². The van der Waals surface area contributed by atoms with Crippen molar-refractivity contribution in [2.45, 2.75) is 51.9 Å². The van der Waals surface area contributed by atoms with Crippen LogP contribution in [0.3, 0.4) is 0 Å². The molecule has 1 aliphatic heterocycles. The van der Waals surface area contributed by atoms with Crippen molar-refractivity contribution in [1.82, 2.24) is 14.7 Å². The van der Waals surface area contributed by atoms with Crippen LogP contribution in [-0.4, -0.2) is 32.7 Å². The Balaban J connectivity index is 2.31. The van der Waals surface area contributed by atoms with Crippen LogP contribution in [-0.2, 0) is 11.3 Å². The lowest BCUT2D eigenvalue weighted by Crippen LogP contribution is -2.38. The first-order valence-corrected chi connectivity index (χ1v) is 6.14. The van der Waals surface area contributed by atoms with Gasteiger partial charge in [-0.2, -0.15) is 5.10 Å². The van der Waals surface area contributed by atoms with E-state index in [-0.39, 0.29) is 24.0 Å². The topological polar surface area (TPSA) is 64.2 Å². The van der Waals surface area contributed by atoms with Crippen LogP contribution in [0.15, 0.2) is 12.3 Å². The highest BCUT2D eigenvalue weighted by Crippen LogP contribution is 2.32. The van der Waals surface area contributed by atoms with Crippen molar-refractivity contribution >= 4 is 5.91 Å². The van der Waals surface area contributed by atoms with E-state index >= 15 is 0 Å². The lowest BCUT2D eigenvalue weighted by molar-refractivity contribution is -0.130. The number of aromatic nitrogens is 2. The molecule has 1 fully saturated rings. The molecule has 0 spiro atoms. The Hall–Kier alpha value is -1.36. The van der Waals surface area contributed by atoms with Crippen molar-refractivity contribution in [2.75, 3.05) is 0 Å². The molecule has 17 heavy (non-hydrogen) atoms. The third-order valence-electron chi connectivity index (χ3n) is 3.25. The number of rotatable bonds is 3. The van der Waals surface area contributed by atoms with Gasteiger partial charge in [0.05, 0.1) is 11.7 Å². The highest BCUT2D eigenvalue weighted by molar-refractivity contribution is 5.80. The van der Waals surface area contributed by atoms with Crippen LogP contribution in [0, 0.1) is 0 Å². The molecule has 2 N–H and O–H groups in total. The maximum Gasteiger partial charge on any atom is 0.225 e. The third kappa shape index (κ3) is 2.07. The summed E-state index contributed by atoms with van der Waals surface area (Å²) < 4.78 is 1.86. The lowest BCUT2D eigenvalue weighted by atomic mass is 10.1. The number of nitrogens with zero attached hydrogens (tertiary/aromatic N) is 3. The summed E-state index contributed by atoms with van der Waals surface area (Å²) in [5, 5.41) is 4.47. The van der Waals surface area contributed by atoms with E-state index in [1.165, 1.54) is 0 Å². The molecule has 0 unspecified atom stereocenters. The first kappa shape index (κ1) is 12.1. The monoisotopic (exact) mass is 236 g/mol. The highest BCUT2D eigenvalue weighted by Gasteiger charge is 2.41. The molecule has 1 aromatic rings. The average molecular weight is 236 g/mol. The predicted octanol–water partition coefficient (Wildman–Crippen LogP) is 0.912. The van der Waals surface area contributed by atoms with Gasteiger partial charge in [0.2, 0.25) is 5.91 Å². The minimum atomic E-state index is -0.148. The molecular weight excluding hydrogens is 216 g/mol. The maximum absolute atomic E-state index is 11.9. The van der Waals surface area contributed by atoms with Crippen molar-refractivity contribution < 1.29 is 4.79 Å². The van der Waals surface area contributed by atoms with Crippen molar-refractivity contribution in [2.24, 2.45) is 5.73 Å². The fraction of sp³-hybridized carbons (Fsp3) is 0.667. The van der Waals surface area contributed by atoms with Crippen molar-refractivity contribution in [1.29, 1.82) is 0 Å². The largest absolute Gasteiger partial charge is 0.330 e. The molecule has 2 heterocycles. The second-order valence-corrected chi connectivity index (χ2v) is 4.80. The minimum Gasteiger partial charge on any atom is -0.330 e. The van der Waals surface area contributed by atoms with E-state index in [1.54, 1.807) is 0 Å². The Morgan fingerprint density at radius 3 is 2.82 bits per heavy atom. The van der Waals surface area contributed by atoms with Gasteiger partial charge in [0.1, 0.15) is 0 Å². The third-order valence-corrected chi connectivity index (χ3v) is 3.25. The molecule has 2 atom stereocenters. The summed E-state index contributed by atoms with van der Waals surface area (Å²) >= 11 is 0. The van der Waals surface area contributed by atoms with Gasteiger partial charge < -0.3 is 10.6 Å². The Bertz CT molecular complexity index is 412. The molecule has 0 bridgehead atoms. The van der Waals surface area contributed by atoms with Gasteiger partial charge in [-0.15, -0.1) is 0 Å². The molecule has 0 radical (unpaired) electrons. The van der Waals surface area contributed by atoms with Gasteiger partial charge in [0, 0.05) is 31.2 Å². The molecule has 1 amide bonds. The number of hydrogen-bond acceptors (Lipinski definition) is 3. The summed E-state index contributed by atoms with van der Waals surface area (Å²) in [7, 11) is 0. The van der Waals surface area contributed by atoms with E-state index in [9.17, 15) is 4.79 Å². The van der Waals surface area contributed by atoms with Crippen molar-refractivity contribution in [3.05, 3.63) is 18.0 Å². The van der Waals surface area contributed by atoms with Crippen molar-refractivity contribution in [3.63, 3.8) is 0 Å². The molecule has 5 nitrogen and oxygen atoms in total. The van der Waals surface area contributed by atoms with Crippen LogP contribution >= 0.6 is 0 Å². The Morgan fingerprint density at radius 1 is 1.59 bits per heavy atom. The summed E-state index contributed by atoms with van der Waals surface area (Å²) in [6, 6.07) is 1.90.